The molecule has 2 atom stereocenters. The lowest BCUT2D eigenvalue weighted by atomic mass is 10.1. The van der Waals surface area contributed by atoms with Crippen molar-refractivity contribution in [2.45, 2.75) is 18.6 Å². The van der Waals surface area contributed by atoms with E-state index in [4.69, 9.17) is 23.2 Å². The van der Waals surface area contributed by atoms with E-state index >= 15 is 0 Å². The van der Waals surface area contributed by atoms with Crippen LogP contribution in [-0.2, 0) is 6.42 Å². The Hall–Kier alpha value is -1.53. The van der Waals surface area contributed by atoms with Gasteiger partial charge in [-0.2, -0.15) is 0 Å². The summed E-state index contributed by atoms with van der Waals surface area (Å²) in [5.74, 6) is -0.266. The molecule has 23 heavy (non-hydrogen) atoms. The Bertz CT molecular complexity index is 918. The highest BCUT2D eigenvalue weighted by molar-refractivity contribution is 7.23. The minimum absolute atomic E-state index is 0.266. The first-order chi connectivity index (χ1) is 11.0. The van der Waals surface area contributed by atoms with Crippen LogP contribution in [0.5, 0.6) is 0 Å². The van der Waals surface area contributed by atoms with Gasteiger partial charge in [0.05, 0.1) is 27.4 Å². The molecule has 0 saturated carbocycles. The van der Waals surface area contributed by atoms with Crippen LogP contribution in [0.1, 0.15) is 27.7 Å². The predicted octanol–water partition coefficient (Wildman–Crippen LogP) is 3.92. The number of rotatable bonds is 2. The molecule has 1 aliphatic rings. The van der Waals surface area contributed by atoms with Crippen LogP contribution in [0, 0.1) is 0 Å². The molecule has 118 valence electrons. The number of aromatic nitrogens is 1. The average molecular weight is 367 g/mol. The Balaban J connectivity index is 1.56. The number of H-pyrrole nitrogens is 1. The Labute approximate surface area is 146 Å². The van der Waals surface area contributed by atoms with Crippen molar-refractivity contribution in [3.63, 3.8) is 0 Å². The number of aliphatic hydroxyl groups excluding tert-OH is 1. The third kappa shape index (κ3) is 2.44. The van der Waals surface area contributed by atoms with Gasteiger partial charge in [0.25, 0.3) is 5.91 Å². The number of fused-ring (bicyclic) bond motifs is 2. The van der Waals surface area contributed by atoms with Crippen molar-refractivity contribution in [3.05, 3.63) is 56.5 Å². The summed E-state index contributed by atoms with van der Waals surface area (Å²) in [4.78, 5) is 15.4. The van der Waals surface area contributed by atoms with E-state index in [9.17, 15) is 9.90 Å². The molecule has 0 saturated heterocycles. The third-order valence-corrected chi connectivity index (χ3v) is 6.06. The minimum Gasteiger partial charge on any atom is -0.386 e. The van der Waals surface area contributed by atoms with Crippen molar-refractivity contribution < 1.29 is 9.90 Å². The second-order valence-electron chi connectivity index (χ2n) is 5.54. The zero-order chi connectivity index (χ0) is 16.1. The van der Waals surface area contributed by atoms with E-state index in [0.29, 0.717) is 27.0 Å². The lowest BCUT2D eigenvalue weighted by Crippen LogP contribution is -2.37. The highest BCUT2D eigenvalue weighted by atomic mass is 35.5. The van der Waals surface area contributed by atoms with Gasteiger partial charge in [0.1, 0.15) is 10.0 Å². The first-order valence-corrected chi connectivity index (χ1v) is 8.65. The normalized spacial score (nSPS) is 20.0. The smallest absolute Gasteiger partial charge is 0.268 e. The molecule has 4 rings (SSSR count). The largest absolute Gasteiger partial charge is 0.386 e. The molecule has 2 heterocycles. The topological polar surface area (TPSA) is 65.1 Å². The summed E-state index contributed by atoms with van der Waals surface area (Å²) in [6, 6.07) is 9.06. The Morgan fingerprint density at radius 3 is 2.87 bits per heavy atom. The molecule has 0 fully saturated rings. The summed E-state index contributed by atoms with van der Waals surface area (Å²) in [6.07, 6.45) is -0.0747. The molecule has 3 N–H and O–H groups in total. The standard InChI is InChI=1S/C16H12Cl2N2O2S/c17-12-13-11(23-15(12)18)6-10(19-13)16(22)20-9-5-7-3-1-2-4-8(7)14(9)21/h1-4,6,9,14,19,21H,5H2,(H,20,22)/t9-,14+/m1/s1. The van der Waals surface area contributed by atoms with Gasteiger partial charge in [-0.3, -0.25) is 4.79 Å². The summed E-state index contributed by atoms with van der Waals surface area (Å²) in [5, 5.41) is 13.7. The minimum atomic E-state index is -0.690. The van der Waals surface area contributed by atoms with E-state index in [1.54, 1.807) is 6.07 Å². The van der Waals surface area contributed by atoms with Crippen LogP contribution in [0.25, 0.3) is 10.2 Å². The molecule has 0 radical (unpaired) electrons. The Morgan fingerprint density at radius 1 is 1.35 bits per heavy atom. The van der Waals surface area contributed by atoms with E-state index in [1.807, 2.05) is 24.3 Å². The fourth-order valence-electron chi connectivity index (χ4n) is 2.99. The second kappa shape index (κ2) is 5.53. The lowest BCUT2D eigenvalue weighted by molar-refractivity contribution is 0.0854. The third-order valence-electron chi connectivity index (χ3n) is 4.13. The number of thiophene rings is 1. The van der Waals surface area contributed by atoms with Crippen molar-refractivity contribution in [1.29, 1.82) is 0 Å². The van der Waals surface area contributed by atoms with Gasteiger partial charge in [-0.1, -0.05) is 47.5 Å². The first kappa shape index (κ1) is 15.0. The number of aliphatic hydroxyl groups is 1. The molecule has 7 heteroatoms. The number of nitrogens with one attached hydrogen (secondary N) is 2. The summed E-state index contributed by atoms with van der Waals surface area (Å²) in [7, 11) is 0. The molecule has 1 aliphatic carbocycles. The van der Waals surface area contributed by atoms with E-state index in [-0.39, 0.29) is 11.9 Å². The van der Waals surface area contributed by atoms with E-state index in [0.717, 1.165) is 15.8 Å². The molecule has 4 nitrogen and oxygen atoms in total. The van der Waals surface area contributed by atoms with Crippen molar-refractivity contribution in [3.8, 4) is 0 Å². The number of halogens is 2. The molecule has 0 bridgehead atoms. The molecule has 1 amide bonds. The van der Waals surface area contributed by atoms with Crippen molar-refractivity contribution >= 4 is 50.7 Å². The van der Waals surface area contributed by atoms with Gasteiger partial charge in [0, 0.05) is 0 Å². The van der Waals surface area contributed by atoms with Crippen LogP contribution in [0.2, 0.25) is 9.36 Å². The number of benzene rings is 1. The van der Waals surface area contributed by atoms with E-state index < -0.39 is 6.10 Å². The highest BCUT2D eigenvalue weighted by Gasteiger charge is 2.32. The van der Waals surface area contributed by atoms with Crippen molar-refractivity contribution in [2.75, 3.05) is 0 Å². The highest BCUT2D eigenvalue weighted by Crippen LogP contribution is 2.39. The van der Waals surface area contributed by atoms with E-state index in [2.05, 4.69) is 10.3 Å². The molecule has 0 spiro atoms. The predicted molar refractivity (Wildman–Crippen MR) is 92.6 cm³/mol. The van der Waals surface area contributed by atoms with Gasteiger partial charge in [0.2, 0.25) is 0 Å². The first-order valence-electron chi connectivity index (χ1n) is 7.08. The molecule has 0 unspecified atom stereocenters. The van der Waals surface area contributed by atoms with Gasteiger partial charge in [-0.05, 0) is 23.6 Å². The van der Waals surface area contributed by atoms with Gasteiger partial charge in [0.15, 0.2) is 0 Å². The Kier molecular flexibility index (Phi) is 3.61. The SMILES string of the molecule is O=C(N[C@@H]1Cc2ccccc2[C@@H]1O)c1cc2sc(Cl)c(Cl)c2[nH]1. The van der Waals surface area contributed by atoms with Crippen LogP contribution in [0.4, 0.5) is 0 Å². The summed E-state index contributed by atoms with van der Waals surface area (Å²) >= 11 is 13.4. The maximum absolute atomic E-state index is 12.4. The van der Waals surface area contributed by atoms with Crippen LogP contribution in [-0.4, -0.2) is 22.0 Å². The fraction of sp³-hybridized carbons (Fsp3) is 0.188. The van der Waals surface area contributed by atoms with E-state index in [1.165, 1.54) is 11.3 Å². The molecule has 0 aliphatic heterocycles. The number of aromatic amines is 1. The quantitative estimate of drug-likeness (QED) is 0.643. The summed E-state index contributed by atoms with van der Waals surface area (Å²) in [6.45, 7) is 0. The maximum atomic E-state index is 12.4. The van der Waals surface area contributed by atoms with Crippen LogP contribution < -0.4 is 5.32 Å². The average Bonchev–Trinajstić information content (AvgIpc) is 3.16. The van der Waals surface area contributed by atoms with Crippen LogP contribution in [0.3, 0.4) is 0 Å². The lowest BCUT2D eigenvalue weighted by Gasteiger charge is -2.16. The zero-order valence-electron chi connectivity index (χ0n) is 11.8. The Morgan fingerprint density at radius 2 is 2.13 bits per heavy atom. The van der Waals surface area contributed by atoms with Crippen LogP contribution in [0.15, 0.2) is 30.3 Å². The summed E-state index contributed by atoms with van der Waals surface area (Å²) in [5.41, 5.74) is 3.02. The molecule has 2 aromatic heterocycles. The fourth-order valence-corrected chi connectivity index (χ4v) is 4.47. The molecular formula is C16H12Cl2N2O2S. The van der Waals surface area contributed by atoms with Crippen molar-refractivity contribution in [2.24, 2.45) is 0 Å². The number of carbonyl (C=O) groups excluding carboxylic acids is 1. The van der Waals surface area contributed by atoms with Gasteiger partial charge < -0.3 is 15.4 Å². The number of hydrogen-bond donors (Lipinski definition) is 3. The molecular weight excluding hydrogens is 355 g/mol. The van der Waals surface area contributed by atoms with Gasteiger partial charge in [-0.15, -0.1) is 11.3 Å². The van der Waals surface area contributed by atoms with Crippen LogP contribution >= 0.6 is 34.5 Å². The monoisotopic (exact) mass is 366 g/mol. The molecule has 1 aromatic carbocycles. The number of carbonyl (C=O) groups is 1. The zero-order valence-corrected chi connectivity index (χ0v) is 14.1. The van der Waals surface area contributed by atoms with Gasteiger partial charge >= 0.3 is 0 Å². The number of amides is 1. The number of hydrogen-bond acceptors (Lipinski definition) is 3. The van der Waals surface area contributed by atoms with Crippen molar-refractivity contribution in [1.82, 2.24) is 10.3 Å². The molecule has 3 aromatic rings. The maximum Gasteiger partial charge on any atom is 0.268 e. The van der Waals surface area contributed by atoms with Gasteiger partial charge in [-0.25, -0.2) is 0 Å². The second-order valence-corrected chi connectivity index (χ2v) is 7.57. The summed E-state index contributed by atoms with van der Waals surface area (Å²) < 4.78 is 1.34.